The lowest BCUT2D eigenvalue weighted by Crippen LogP contribution is -2.15. The van der Waals surface area contributed by atoms with Crippen LogP contribution in [0.5, 0.6) is 0 Å². The maximum atomic E-state index is 13.2. The first-order valence-corrected chi connectivity index (χ1v) is 5.29. The van der Waals surface area contributed by atoms with E-state index in [9.17, 15) is 17.6 Å². The molecule has 0 aliphatic carbocycles. The van der Waals surface area contributed by atoms with Crippen LogP contribution in [0.3, 0.4) is 0 Å². The number of benzene rings is 1. The molecule has 0 aromatic heterocycles. The van der Waals surface area contributed by atoms with Crippen LogP contribution in [0.2, 0.25) is 0 Å². The lowest BCUT2D eigenvalue weighted by molar-refractivity contribution is 0.388. The third kappa shape index (κ3) is 3.61. The second-order valence-corrected chi connectivity index (χ2v) is 5.08. The van der Waals surface area contributed by atoms with Gasteiger partial charge in [0.1, 0.15) is 5.69 Å². The van der Waals surface area contributed by atoms with Crippen molar-refractivity contribution in [1.29, 1.82) is 0 Å². The largest absolute Gasteiger partial charge is 0.380 e. The standard InChI is InChI=1S/C12H15F4N/c1-12(2,3)4-5-17-11-9(15)7(13)6-8(14)10(11)16/h6,17H,4-5H2,1-3H3. The minimum absolute atomic E-state index is 0.0359. The zero-order valence-electron chi connectivity index (χ0n) is 10.0. The third-order valence-corrected chi connectivity index (χ3v) is 2.29. The molecule has 1 N–H and O–H groups in total. The molecule has 0 saturated heterocycles. The summed E-state index contributed by atoms with van der Waals surface area (Å²) >= 11 is 0. The summed E-state index contributed by atoms with van der Waals surface area (Å²) in [6.07, 6.45) is 0.615. The second kappa shape index (κ2) is 4.94. The summed E-state index contributed by atoms with van der Waals surface area (Å²) in [6, 6.07) is 0.194. The van der Waals surface area contributed by atoms with Gasteiger partial charge in [0.25, 0.3) is 0 Å². The molecule has 0 radical (unpaired) electrons. The molecule has 0 saturated carbocycles. The fraction of sp³-hybridized carbons (Fsp3) is 0.500. The van der Waals surface area contributed by atoms with Crippen molar-refractivity contribution in [3.8, 4) is 0 Å². The molecule has 1 aromatic rings. The van der Waals surface area contributed by atoms with Crippen LogP contribution in [-0.4, -0.2) is 6.54 Å². The fourth-order valence-electron chi connectivity index (χ4n) is 1.29. The summed E-state index contributed by atoms with van der Waals surface area (Å²) in [5, 5.41) is 2.39. The van der Waals surface area contributed by atoms with Crippen LogP contribution >= 0.6 is 0 Å². The SMILES string of the molecule is CC(C)(C)CCNc1c(F)c(F)cc(F)c1F. The van der Waals surface area contributed by atoms with E-state index in [-0.39, 0.29) is 18.0 Å². The highest BCUT2D eigenvalue weighted by Crippen LogP contribution is 2.25. The Hall–Kier alpha value is -1.26. The molecule has 1 rings (SSSR count). The van der Waals surface area contributed by atoms with Gasteiger partial charge < -0.3 is 5.32 Å². The zero-order valence-corrected chi connectivity index (χ0v) is 10.0. The molecule has 0 fully saturated rings. The van der Waals surface area contributed by atoms with Crippen LogP contribution in [-0.2, 0) is 0 Å². The molecule has 1 nitrogen and oxygen atoms in total. The van der Waals surface area contributed by atoms with Gasteiger partial charge in [-0.2, -0.15) is 0 Å². The number of rotatable bonds is 3. The van der Waals surface area contributed by atoms with E-state index in [1.165, 1.54) is 0 Å². The molecule has 17 heavy (non-hydrogen) atoms. The Morgan fingerprint density at radius 1 is 1.00 bits per heavy atom. The molecular formula is C12H15F4N. The molecule has 0 unspecified atom stereocenters. The van der Waals surface area contributed by atoms with Crippen molar-refractivity contribution in [2.45, 2.75) is 27.2 Å². The maximum Gasteiger partial charge on any atom is 0.185 e. The summed E-state index contributed by atoms with van der Waals surface area (Å²) in [5.74, 6) is -5.58. The zero-order chi connectivity index (χ0) is 13.2. The van der Waals surface area contributed by atoms with Gasteiger partial charge in [0.05, 0.1) is 0 Å². The fourth-order valence-corrected chi connectivity index (χ4v) is 1.29. The lowest BCUT2D eigenvalue weighted by Gasteiger charge is -2.19. The number of hydrogen-bond donors (Lipinski definition) is 1. The average Bonchev–Trinajstić information content (AvgIpc) is 2.19. The molecule has 0 aliphatic heterocycles. The summed E-state index contributed by atoms with van der Waals surface area (Å²) in [4.78, 5) is 0. The van der Waals surface area contributed by atoms with Gasteiger partial charge in [-0.1, -0.05) is 20.8 Å². The predicted molar refractivity (Wildman–Crippen MR) is 58.8 cm³/mol. The smallest absolute Gasteiger partial charge is 0.185 e. The van der Waals surface area contributed by atoms with Gasteiger partial charge in [-0.25, -0.2) is 17.6 Å². The normalized spacial score (nSPS) is 11.7. The van der Waals surface area contributed by atoms with Crippen LogP contribution in [0.4, 0.5) is 23.2 Å². The molecule has 0 heterocycles. The summed E-state index contributed by atoms with van der Waals surface area (Å²) < 4.78 is 52.2. The average molecular weight is 249 g/mol. The van der Waals surface area contributed by atoms with Crippen LogP contribution in [0.1, 0.15) is 27.2 Å². The molecule has 0 aliphatic rings. The Kier molecular flexibility index (Phi) is 4.01. The van der Waals surface area contributed by atoms with Gasteiger partial charge in [0, 0.05) is 12.6 Å². The topological polar surface area (TPSA) is 12.0 Å². The predicted octanol–water partition coefficient (Wildman–Crippen LogP) is 4.09. The van der Waals surface area contributed by atoms with E-state index in [4.69, 9.17) is 0 Å². The van der Waals surface area contributed by atoms with E-state index in [0.29, 0.717) is 6.42 Å². The second-order valence-electron chi connectivity index (χ2n) is 5.08. The minimum atomic E-state index is -1.40. The monoisotopic (exact) mass is 249 g/mol. The Morgan fingerprint density at radius 3 is 1.88 bits per heavy atom. The van der Waals surface area contributed by atoms with Crippen LogP contribution in [0.15, 0.2) is 6.07 Å². The Morgan fingerprint density at radius 2 is 1.47 bits per heavy atom. The Bertz CT molecular complexity index is 384. The van der Waals surface area contributed by atoms with Crippen LogP contribution in [0.25, 0.3) is 0 Å². The van der Waals surface area contributed by atoms with Crippen molar-refractivity contribution in [3.05, 3.63) is 29.3 Å². The molecule has 96 valence electrons. The molecule has 5 heteroatoms. The van der Waals surface area contributed by atoms with E-state index >= 15 is 0 Å². The highest BCUT2D eigenvalue weighted by Gasteiger charge is 2.19. The van der Waals surface area contributed by atoms with Gasteiger partial charge >= 0.3 is 0 Å². The van der Waals surface area contributed by atoms with Gasteiger partial charge in [-0.15, -0.1) is 0 Å². The molecule has 0 spiro atoms. The summed E-state index contributed by atoms with van der Waals surface area (Å²) in [7, 11) is 0. The first-order chi connectivity index (χ1) is 7.72. The van der Waals surface area contributed by atoms with Crippen molar-refractivity contribution < 1.29 is 17.6 Å². The first kappa shape index (κ1) is 13.8. The van der Waals surface area contributed by atoms with Crippen LogP contribution < -0.4 is 5.32 Å². The van der Waals surface area contributed by atoms with Gasteiger partial charge in [0.2, 0.25) is 0 Å². The van der Waals surface area contributed by atoms with E-state index in [2.05, 4.69) is 5.32 Å². The molecular weight excluding hydrogens is 234 g/mol. The van der Waals surface area contributed by atoms with Crippen molar-refractivity contribution in [1.82, 2.24) is 0 Å². The third-order valence-electron chi connectivity index (χ3n) is 2.29. The van der Waals surface area contributed by atoms with Gasteiger partial charge in [-0.05, 0) is 11.8 Å². The Balaban J connectivity index is 2.84. The molecule has 0 atom stereocenters. The van der Waals surface area contributed by atoms with Crippen molar-refractivity contribution in [2.24, 2.45) is 5.41 Å². The van der Waals surface area contributed by atoms with E-state index in [1.54, 1.807) is 0 Å². The Labute approximate surface area is 97.8 Å². The molecule has 0 bridgehead atoms. The highest BCUT2D eigenvalue weighted by atomic mass is 19.2. The van der Waals surface area contributed by atoms with Crippen molar-refractivity contribution >= 4 is 5.69 Å². The lowest BCUT2D eigenvalue weighted by atomic mass is 9.92. The van der Waals surface area contributed by atoms with Crippen LogP contribution in [0, 0.1) is 28.7 Å². The van der Waals surface area contributed by atoms with Crippen molar-refractivity contribution in [3.63, 3.8) is 0 Å². The van der Waals surface area contributed by atoms with E-state index < -0.39 is 29.0 Å². The van der Waals surface area contributed by atoms with Gasteiger partial charge in [-0.3, -0.25) is 0 Å². The van der Waals surface area contributed by atoms with E-state index in [1.807, 2.05) is 20.8 Å². The summed E-state index contributed by atoms with van der Waals surface area (Å²) in [5.41, 5.74) is -0.780. The quantitative estimate of drug-likeness (QED) is 0.628. The number of halogens is 4. The molecule has 1 aromatic carbocycles. The summed E-state index contributed by atoms with van der Waals surface area (Å²) in [6.45, 7) is 6.09. The minimum Gasteiger partial charge on any atom is -0.380 e. The molecule has 0 amide bonds. The van der Waals surface area contributed by atoms with Crippen molar-refractivity contribution in [2.75, 3.05) is 11.9 Å². The maximum absolute atomic E-state index is 13.2. The van der Waals surface area contributed by atoms with Gasteiger partial charge in [0.15, 0.2) is 23.3 Å². The number of anilines is 1. The number of hydrogen-bond acceptors (Lipinski definition) is 1. The highest BCUT2D eigenvalue weighted by molar-refractivity contribution is 5.47. The number of nitrogens with one attached hydrogen (secondary N) is 1. The first-order valence-electron chi connectivity index (χ1n) is 5.29. The van der Waals surface area contributed by atoms with E-state index in [0.717, 1.165) is 0 Å².